The van der Waals surface area contributed by atoms with Gasteiger partial charge in [0, 0.05) is 11.8 Å². The molecule has 0 fully saturated rings. The van der Waals surface area contributed by atoms with Gasteiger partial charge in [0.15, 0.2) is 0 Å². The third-order valence-electron chi connectivity index (χ3n) is 3.29. The normalized spacial score (nSPS) is 8.62. The van der Waals surface area contributed by atoms with E-state index in [0.29, 0.717) is 11.8 Å². The Morgan fingerprint density at radius 2 is 0.828 bits per heavy atom. The van der Waals surface area contributed by atoms with Gasteiger partial charge in [-0.1, -0.05) is 24.3 Å². The van der Waals surface area contributed by atoms with Crippen LogP contribution < -0.4 is 0 Å². The standard InChI is InChI=1S/2C7H7ClO.2C5H5.Zr/c2*8-5-6-1-3-7(9)4-2-6;2*1-2-4-5-3-1;/h2*1-4,9H,5H2;2*1-5H;/q;;2*-1;+2. The minimum absolute atomic E-state index is 0. The Labute approximate surface area is 202 Å². The van der Waals surface area contributed by atoms with E-state index in [4.69, 9.17) is 33.4 Å². The molecule has 0 heterocycles. The molecule has 2 nitrogen and oxygen atoms in total. The summed E-state index contributed by atoms with van der Waals surface area (Å²) in [5, 5.41) is 17.6. The van der Waals surface area contributed by atoms with E-state index >= 15 is 0 Å². The van der Waals surface area contributed by atoms with Crippen LogP contribution in [-0.2, 0) is 38.0 Å². The molecule has 4 aromatic rings. The van der Waals surface area contributed by atoms with Crippen molar-refractivity contribution in [2.75, 3.05) is 0 Å². The minimum Gasteiger partial charge on any atom is -0.508 e. The SMILES string of the molecule is Oc1ccc(CCl)cc1.Oc1ccc(CCl)cc1.[Zr+2].c1cc[cH-]c1.c1cc[cH-]c1. The zero-order valence-electron chi connectivity index (χ0n) is 16.0. The molecule has 0 unspecified atom stereocenters. The van der Waals surface area contributed by atoms with E-state index in [1.54, 1.807) is 48.5 Å². The first-order valence-corrected chi connectivity index (χ1v) is 9.73. The molecule has 0 amide bonds. The Kier molecular flexibility index (Phi) is 17.1. The van der Waals surface area contributed by atoms with Gasteiger partial charge in [0.25, 0.3) is 0 Å². The summed E-state index contributed by atoms with van der Waals surface area (Å²) < 4.78 is 0. The van der Waals surface area contributed by atoms with Crippen LogP contribution in [0.15, 0.2) is 109 Å². The van der Waals surface area contributed by atoms with Gasteiger partial charge in [-0.25, -0.2) is 24.3 Å². The minimum atomic E-state index is 0. The van der Waals surface area contributed by atoms with E-state index in [-0.39, 0.29) is 37.7 Å². The Morgan fingerprint density at radius 3 is 1.00 bits per heavy atom. The quantitative estimate of drug-likeness (QED) is 0.226. The maximum absolute atomic E-state index is 8.81. The van der Waals surface area contributed by atoms with Crippen LogP contribution in [0.25, 0.3) is 0 Å². The number of hydrogen-bond acceptors (Lipinski definition) is 2. The van der Waals surface area contributed by atoms with Crippen LogP contribution in [-0.4, -0.2) is 10.2 Å². The molecular formula is C24H24Cl2O2Zr. The van der Waals surface area contributed by atoms with E-state index in [0.717, 1.165) is 11.1 Å². The number of phenolic OH excluding ortho intramolecular Hbond substituents is 2. The first-order valence-electron chi connectivity index (χ1n) is 8.66. The van der Waals surface area contributed by atoms with Crippen molar-refractivity contribution < 1.29 is 36.4 Å². The number of aromatic hydroxyl groups is 2. The van der Waals surface area contributed by atoms with Gasteiger partial charge < -0.3 is 10.2 Å². The molecule has 0 spiro atoms. The molecule has 29 heavy (non-hydrogen) atoms. The number of alkyl halides is 2. The molecule has 150 valence electrons. The van der Waals surface area contributed by atoms with Crippen LogP contribution >= 0.6 is 23.2 Å². The molecule has 0 aromatic heterocycles. The number of benzene rings is 2. The van der Waals surface area contributed by atoms with Crippen molar-refractivity contribution >= 4 is 23.2 Å². The summed E-state index contributed by atoms with van der Waals surface area (Å²) in [6.45, 7) is 0. The Hall–Kier alpha value is -1.80. The van der Waals surface area contributed by atoms with Crippen LogP contribution in [0.3, 0.4) is 0 Å². The number of halogens is 2. The molecule has 0 aliphatic carbocycles. The number of hydrogen-bond donors (Lipinski definition) is 2. The van der Waals surface area contributed by atoms with Crippen molar-refractivity contribution in [1.82, 2.24) is 0 Å². The van der Waals surface area contributed by atoms with E-state index in [1.165, 1.54) is 0 Å². The zero-order chi connectivity index (χ0) is 20.5. The molecule has 0 radical (unpaired) electrons. The van der Waals surface area contributed by atoms with Gasteiger partial charge in [-0.05, 0) is 35.4 Å². The Morgan fingerprint density at radius 1 is 0.552 bits per heavy atom. The molecule has 0 atom stereocenters. The predicted octanol–water partition coefficient (Wildman–Crippen LogP) is 7.07. The molecule has 0 saturated carbocycles. The first kappa shape index (κ1) is 27.2. The molecular weight excluding hydrogens is 482 g/mol. The molecule has 0 bridgehead atoms. The second-order valence-electron chi connectivity index (χ2n) is 5.52. The second kappa shape index (κ2) is 18.2. The maximum atomic E-state index is 8.81. The molecule has 4 aromatic carbocycles. The van der Waals surface area contributed by atoms with Crippen molar-refractivity contribution in [3.63, 3.8) is 0 Å². The Bertz CT molecular complexity index is 691. The van der Waals surface area contributed by atoms with Crippen molar-refractivity contribution in [1.29, 1.82) is 0 Å². The maximum Gasteiger partial charge on any atom is 2.00 e. The molecule has 4 rings (SSSR count). The predicted molar refractivity (Wildman–Crippen MR) is 119 cm³/mol. The van der Waals surface area contributed by atoms with Crippen LogP contribution in [0, 0.1) is 0 Å². The summed E-state index contributed by atoms with van der Waals surface area (Å²) in [6, 6.07) is 33.7. The monoisotopic (exact) mass is 504 g/mol. The van der Waals surface area contributed by atoms with E-state index in [2.05, 4.69) is 0 Å². The average molecular weight is 507 g/mol. The van der Waals surface area contributed by atoms with Gasteiger partial charge >= 0.3 is 26.2 Å². The average Bonchev–Trinajstić information content (AvgIpc) is 3.48. The topological polar surface area (TPSA) is 40.5 Å². The fourth-order valence-electron chi connectivity index (χ4n) is 1.81. The molecule has 0 saturated heterocycles. The first-order chi connectivity index (χ1) is 13.7. The summed E-state index contributed by atoms with van der Waals surface area (Å²) in [6.07, 6.45) is 0. The van der Waals surface area contributed by atoms with Gasteiger partial charge in [0.1, 0.15) is 11.5 Å². The van der Waals surface area contributed by atoms with Crippen LogP contribution in [0.1, 0.15) is 11.1 Å². The van der Waals surface area contributed by atoms with Gasteiger partial charge in [-0.2, -0.15) is 36.4 Å². The molecule has 2 N–H and O–H groups in total. The van der Waals surface area contributed by atoms with Gasteiger partial charge in [-0.15, -0.1) is 23.2 Å². The van der Waals surface area contributed by atoms with Crippen molar-refractivity contribution in [3.8, 4) is 11.5 Å². The molecule has 0 aliphatic rings. The zero-order valence-corrected chi connectivity index (χ0v) is 19.9. The summed E-state index contributed by atoms with van der Waals surface area (Å²) in [5.41, 5.74) is 2.05. The van der Waals surface area contributed by atoms with E-state index in [9.17, 15) is 0 Å². The fraction of sp³-hybridized carbons (Fsp3) is 0.0833. The fourth-order valence-corrected chi connectivity index (χ4v) is 2.17. The van der Waals surface area contributed by atoms with Gasteiger partial charge in [0.05, 0.1) is 0 Å². The summed E-state index contributed by atoms with van der Waals surface area (Å²) >= 11 is 11.0. The summed E-state index contributed by atoms with van der Waals surface area (Å²) in [5.74, 6) is 1.56. The van der Waals surface area contributed by atoms with Crippen molar-refractivity contribution in [2.45, 2.75) is 11.8 Å². The van der Waals surface area contributed by atoms with Crippen molar-refractivity contribution in [3.05, 3.63) is 120 Å². The third kappa shape index (κ3) is 14.8. The van der Waals surface area contributed by atoms with Crippen LogP contribution in [0.4, 0.5) is 0 Å². The number of phenols is 2. The largest absolute Gasteiger partial charge is 2.00 e. The summed E-state index contributed by atoms with van der Waals surface area (Å²) in [4.78, 5) is 0. The van der Waals surface area contributed by atoms with E-state index < -0.39 is 0 Å². The van der Waals surface area contributed by atoms with Crippen LogP contribution in [0.2, 0.25) is 0 Å². The number of rotatable bonds is 2. The Balaban J connectivity index is 0.000000369. The summed E-state index contributed by atoms with van der Waals surface area (Å²) in [7, 11) is 0. The molecule has 5 heteroatoms. The van der Waals surface area contributed by atoms with E-state index in [1.807, 2.05) is 60.7 Å². The smallest absolute Gasteiger partial charge is 0.508 e. The second-order valence-corrected chi connectivity index (χ2v) is 6.06. The molecule has 0 aliphatic heterocycles. The van der Waals surface area contributed by atoms with Crippen LogP contribution in [0.5, 0.6) is 11.5 Å². The van der Waals surface area contributed by atoms with Crippen molar-refractivity contribution in [2.24, 2.45) is 0 Å². The third-order valence-corrected chi connectivity index (χ3v) is 3.91. The van der Waals surface area contributed by atoms with Gasteiger partial charge in [0.2, 0.25) is 0 Å². The van der Waals surface area contributed by atoms with Gasteiger partial charge in [-0.3, -0.25) is 0 Å².